The molecule has 7 nitrogen and oxygen atoms in total. The van der Waals surface area contributed by atoms with Crippen molar-refractivity contribution >= 4 is 96.1 Å². The van der Waals surface area contributed by atoms with Gasteiger partial charge in [-0.05, 0) is 85.4 Å². The Hall–Kier alpha value is -3.33. The monoisotopic (exact) mass is 854 g/mol. The van der Waals surface area contributed by atoms with E-state index in [-0.39, 0.29) is 37.1 Å². The molecule has 0 saturated carbocycles. The normalized spacial score (nSPS) is 10.2. The molecule has 0 bridgehead atoms. The topological polar surface area (TPSA) is 126 Å². The number of phenols is 2. The maximum Gasteiger partial charge on any atom is 0.219 e. The molecule has 0 atom stereocenters. The van der Waals surface area contributed by atoms with Crippen LogP contribution in [-0.4, -0.2) is 70.3 Å². The van der Waals surface area contributed by atoms with Crippen molar-refractivity contribution in [3.8, 4) is 11.5 Å². The minimum absolute atomic E-state index is 0.0418. The lowest BCUT2D eigenvalue weighted by Gasteiger charge is -2.02. The standard InChI is InChI=1S/C17H16O4S2.C17H16O2S2.C8H14OS2/c18-14-6-2-12(3-7-14)16(20)22-10-1-11-23-17(21)13-4-8-15(19)9-5-13;18-16(14-8-3-1-4-9-14)20-12-7-13-21-17(19)15-10-5-2-6-11-15;1-7(2)10-5-4-6-11-8(3)9/h2-9,18-19H,1,10-11H2;1-6,8-11H,7,12-13H2;1,4-6H2,2-3H3. The SMILES string of the molecule is C=C(C)SCCCSC(C)=O.O=C(SCCCSC(=O)c1ccc(O)cc1)c1ccc(O)cc1.O=C(SCCCSC(=O)c1ccccc1)c1ccccc1. The molecule has 4 aromatic rings. The highest BCUT2D eigenvalue weighted by molar-refractivity contribution is 8.15. The zero-order valence-corrected chi connectivity index (χ0v) is 35.7. The molecule has 0 aliphatic carbocycles. The van der Waals surface area contributed by atoms with Crippen LogP contribution in [0.25, 0.3) is 0 Å². The Balaban J connectivity index is 0.000000303. The van der Waals surface area contributed by atoms with E-state index in [4.69, 9.17) is 0 Å². The summed E-state index contributed by atoms with van der Waals surface area (Å²) in [6.45, 7) is 7.39. The summed E-state index contributed by atoms with van der Waals surface area (Å²) < 4.78 is 0. The van der Waals surface area contributed by atoms with Crippen LogP contribution in [-0.2, 0) is 4.79 Å². The van der Waals surface area contributed by atoms with Crippen LogP contribution in [0.15, 0.2) is 121 Å². The number of hydrogen-bond donors (Lipinski definition) is 2. The number of thioether (sulfide) groups is 6. The zero-order valence-electron chi connectivity index (χ0n) is 30.8. The highest BCUT2D eigenvalue weighted by atomic mass is 32.2. The Bertz CT molecular complexity index is 1640. The fourth-order valence-electron chi connectivity index (χ4n) is 3.98. The van der Waals surface area contributed by atoms with Crippen molar-refractivity contribution in [3.63, 3.8) is 0 Å². The Morgan fingerprint density at radius 2 is 0.691 bits per heavy atom. The van der Waals surface area contributed by atoms with E-state index in [1.165, 1.54) is 83.1 Å². The average molecular weight is 855 g/mol. The van der Waals surface area contributed by atoms with Gasteiger partial charge in [0, 0.05) is 57.9 Å². The summed E-state index contributed by atoms with van der Waals surface area (Å²) in [5, 5.41) is 18.7. The fraction of sp³-hybridized carbons (Fsp3) is 0.262. The second kappa shape index (κ2) is 29.0. The van der Waals surface area contributed by atoms with Gasteiger partial charge in [-0.2, -0.15) is 0 Å². The summed E-state index contributed by atoms with van der Waals surface area (Å²) in [5.41, 5.74) is 2.58. The van der Waals surface area contributed by atoms with Crippen molar-refractivity contribution in [3.05, 3.63) is 143 Å². The Labute approximate surface area is 350 Å². The molecule has 13 heteroatoms. The molecular weight excluding hydrogens is 809 g/mol. The molecule has 292 valence electrons. The summed E-state index contributed by atoms with van der Waals surface area (Å²) in [6.07, 6.45) is 2.66. The lowest BCUT2D eigenvalue weighted by atomic mass is 10.2. The first-order chi connectivity index (χ1) is 26.5. The van der Waals surface area contributed by atoms with Gasteiger partial charge in [-0.25, -0.2) is 0 Å². The van der Waals surface area contributed by atoms with E-state index in [9.17, 15) is 34.2 Å². The molecule has 0 heterocycles. The van der Waals surface area contributed by atoms with Gasteiger partial charge >= 0.3 is 0 Å². The molecule has 0 fully saturated rings. The van der Waals surface area contributed by atoms with Crippen molar-refractivity contribution < 1.29 is 34.2 Å². The van der Waals surface area contributed by atoms with E-state index in [1.807, 2.05) is 67.6 Å². The van der Waals surface area contributed by atoms with Crippen LogP contribution in [0.1, 0.15) is 74.5 Å². The first-order valence-electron chi connectivity index (χ1n) is 17.2. The molecule has 0 aliphatic rings. The molecule has 0 radical (unpaired) electrons. The van der Waals surface area contributed by atoms with Crippen LogP contribution in [0.3, 0.4) is 0 Å². The number of carbonyl (C=O) groups excluding carboxylic acids is 5. The summed E-state index contributed by atoms with van der Waals surface area (Å²) in [7, 11) is 0. The third kappa shape index (κ3) is 22.7. The predicted molar refractivity (Wildman–Crippen MR) is 241 cm³/mol. The van der Waals surface area contributed by atoms with Crippen molar-refractivity contribution in [2.24, 2.45) is 0 Å². The van der Waals surface area contributed by atoms with Crippen LogP contribution in [0.5, 0.6) is 11.5 Å². The molecule has 0 aliphatic heterocycles. The van der Waals surface area contributed by atoms with Gasteiger partial charge in [0.2, 0.25) is 20.5 Å². The van der Waals surface area contributed by atoms with Gasteiger partial charge < -0.3 is 10.2 Å². The van der Waals surface area contributed by atoms with Gasteiger partial charge in [0.25, 0.3) is 0 Å². The van der Waals surface area contributed by atoms with Gasteiger partial charge in [0.05, 0.1) is 0 Å². The second-order valence-corrected chi connectivity index (χ2v) is 18.3. The lowest BCUT2D eigenvalue weighted by molar-refractivity contribution is -0.109. The number of aromatic hydroxyl groups is 2. The number of hydrogen-bond acceptors (Lipinski definition) is 13. The van der Waals surface area contributed by atoms with E-state index in [0.717, 1.165) is 58.3 Å². The van der Waals surface area contributed by atoms with Crippen LogP contribution in [0, 0.1) is 0 Å². The molecule has 0 unspecified atom stereocenters. The Morgan fingerprint density at radius 3 is 0.982 bits per heavy atom. The van der Waals surface area contributed by atoms with E-state index >= 15 is 0 Å². The number of rotatable bonds is 17. The quantitative estimate of drug-likeness (QED) is 0.0980. The molecule has 4 rings (SSSR count). The third-order valence-electron chi connectivity index (χ3n) is 6.68. The minimum Gasteiger partial charge on any atom is -0.508 e. The molecule has 0 spiro atoms. The minimum atomic E-state index is -0.0418. The molecule has 4 aromatic carbocycles. The number of allylic oxidation sites excluding steroid dienone is 1. The van der Waals surface area contributed by atoms with Crippen molar-refractivity contribution in [1.29, 1.82) is 0 Å². The fourth-order valence-corrected chi connectivity index (χ4v) is 8.84. The summed E-state index contributed by atoms with van der Waals surface area (Å²) >= 11 is 8.20. The van der Waals surface area contributed by atoms with Gasteiger partial charge in [0.15, 0.2) is 5.12 Å². The first-order valence-corrected chi connectivity index (χ1v) is 23.2. The smallest absolute Gasteiger partial charge is 0.219 e. The Kier molecular flexibility index (Phi) is 25.2. The van der Waals surface area contributed by atoms with E-state index in [0.29, 0.717) is 22.6 Å². The van der Waals surface area contributed by atoms with Crippen LogP contribution >= 0.6 is 70.6 Å². The van der Waals surface area contributed by atoms with Crippen molar-refractivity contribution in [1.82, 2.24) is 0 Å². The van der Waals surface area contributed by atoms with Crippen molar-refractivity contribution in [2.75, 3.05) is 34.5 Å². The van der Waals surface area contributed by atoms with Gasteiger partial charge in [-0.1, -0.05) is 126 Å². The Morgan fingerprint density at radius 1 is 0.418 bits per heavy atom. The third-order valence-corrected chi connectivity index (χ3v) is 12.5. The summed E-state index contributed by atoms with van der Waals surface area (Å²) in [6, 6.07) is 30.8. The lowest BCUT2D eigenvalue weighted by Crippen LogP contribution is -1.98. The highest BCUT2D eigenvalue weighted by Crippen LogP contribution is 2.21. The number of carbonyl (C=O) groups is 5. The molecule has 2 N–H and O–H groups in total. The highest BCUT2D eigenvalue weighted by Gasteiger charge is 2.10. The maximum absolute atomic E-state index is 11.9. The maximum atomic E-state index is 11.9. The van der Waals surface area contributed by atoms with E-state index in [1.54, 1.807) is 43.0 Å². The second-order valence-electron chi connectivity index (χ2n) is 11.3. The molecule has 55 heavy (non-hydrogen) atoms. The van der Waals surface area contributed by atoms with Crippen LogP contribution in [0.2, 0.25) is 0 Å². The van der Waals surface area contributed by atoms with Crippen molar-refractivity contribution in [2.45, 2.75) is 33.1 Å². The summed E-state index contributed by atoms with van der Waals surface area (Å²) in [5.74, 6) is 5.04. The van der Waals surface area contributed by atoms with E-state index < -0.39 is 0 Å². The van der Waals surface area contributed by atoms with Gasteiger partial charge in [0.1, 0.15) is 11.5 Å². The van der Waals surface area contributed by atoms with Gasteiger partial charge in [-0.3, -0.25) is 24.0 Å². The first kappa shape index (κ1) is 47.8. The molecular formula is C42H46O7S6. The zero-order chi connectivity index (χ0) is 40.3. The van der Waals surface area contributed by atoms with Gasteiger partial charge in [-0.15, -0.1) is 11.8 Å². The average Bonchev–Trinajstić information content (AvgIpc) is 3.18. The largest absolute Gasteiger partial charge is 0.508 e. The summed E-state index contributed by atoms with van der Waals surface area (Å²) in [4.78, 5) is 59.1. The number of phenolic OH excluding ortho intramolecular Hbond substituents is 2. The van der Waals surface area contributed by atoms with Crippen LogP contribution < -0.4 is 0 Å². The van der Waals surface area contributed by atoms with E-state index in [2.05, 4.69) is 6.58 Å². The molecule has 0 saturated heterocycles. The predicted octanol–water partition coefficient (Wildman–Crippen LogP) is 11.4. The number of benzene rings is 4. The molecule has 0 aromatic heterocycles. The van der Waals surface area contributed by atoms with Crippen LogP contribution in [0.4, 0.5) is 0 Å². The molecule has 0 amide bonds.